The molecule has 3 nitrogen and oxygen atoms in total. The summed E-state index contributed by atoms with van der Waals surface area (Å²) in [4.78, 5) is 11.9. The van der Waals surface area contributed by atoms with Gasteiger partial charge in [-0.3, -0.25) is 9.68 Å². The van der Waals surface area contributed by atoms with Crippen LogP contribution in [0.4, 0.5) is 0 Å². The van der Waals surface area contributed by atoms with Crippen LogP contribution in [0.3, 0.4) is 0 Å². The fraction of sp³-hybridized carbons (Fsp3) is 0.625. The Balaban J connectivity index is 1.82. The fourth-order valence-electron chi connectivity index (χ4n) is 4.49. The molecule has 0 spiro atoms. The minimum atomic E-state index is -0.0421. The van der Waals surface area contributed by atoms with Crippen molar-refractivity contribution in [2.75, 3.05) is 6.61 Å². The van der Waals surface area contributed by atoms with E-state index in [0.29, 0.717) is 11.8 Å². The van der Waals surface area contributed by atoms with Crippen LogP contribution in [-0.4, -0.2) is 23.5 Å². The molecule has 1 saturated carbocycles. The molecule has 1 unspecified atom stereocenters. The SMILES string of the molecule is CC1(C)[C@H]2CON3O[C@@H]1C[C@H](c1ccccc1)[C@@]23C. The van der Waals surface area contributed by atoms with E-state index in [1.54, 1.807) is 0 Å². The highest BCUT2D eigenvalue weighted by Crippen LogP contribution is 2.62. The smallest absolute Gasteiger partial charge is 0.0881 e. The number of rotatable bonds is 1. The van der Waals surface area contributed by atoms with E-state index < -0.39 is 0 Å². The predicted octanol–water partition coefficient (Wildman–Crippen LogP) is 3.14. The molecule has 0 radical (unpaired) electrons. The molecule has 3 saturated heterocycles. The van der Waals surface area contributed by atoms with Crippen molar-refractivity contribution >= 4 is 0 Å². The second-order valence-corrected chi connectivity index (χ2v) is 6.95. The molecule has 4 fully saturated rings. The summed E-state index contributed by atoms with van der Waals surface area (Å²) >= 11 is 0. The first kappa shape index (κ1) is 11.9. The van der Waals surface area contributed by atoms with E-state index in [1.165, 1.54) is 5.56 Å². The number of fused-ring (bicyclic) bond motifs is 1. The van der Waals surface area contributed by atoms with E-state index in [4.69, 9.17) is 9.68 Å². The molecular weight excluding hydrogens is 238 g/mol. The Labute approximate surface area is 114 Å². The van der Waals surface area contributed by atoms with E-state index in [9.17, 15) is 0 Å². The summed E-state index contributed by atoms with van der Waals surface area (Å²) in [6, 6.07) is 10.8. The lowest BCUT2D eigenvalue weighted by Gasteiger charge is -2.60. The Morgan fingerprint density at radius 3 is 2.63 bits per heavy atom. The lowest BCUT2D eigenvalue weighted by atomic mass is 9.53. The zero-order valence-electron chi connectivity index (χ0n) is 11.8. The maximum atomic E-state index is 6.06. The van der Waals surface area contributed by atoms with Crippen molar-refractivity contribution in [3.05, 3.63) is 35.9 Å². The number of benzene rings is 1. The Morgan fingerprint density at radius 2 is 1.89 bits per heavy atom. The van der Waals surface area contributed by atoms with Crippen molar-refractivity contribution in [3.8, 4) is 0 Å². The zero-order valence-corrected chi connectivity index (χ0v) is 11.8. The maximum absolute atomic E-state index is 6.06. The van der Waals surface area contributed by atoms with E-state index in [-0.39, 0.29) is 17.1 Å². The van der Waals surface area contributed by atoms with E-state index in [0.717, 1.165) is 13.0 Å². The fourth-order valence-corrected chi connectivity index (χ4v) is 4.49. The van der Waals surface area contributed by atoms with Crippen molar-refractivity contribution in [1.82, 2.24) is 5.23 Å². The first-order valence-corrected chi connectivity index (χ1v) is 7.19. The first-order valence-electron chi connectivity index (χ1n) is 7.19. The van der Waals surface area contributed by atoms with Crippen LogP contribution in [0.1, 0.15) is 38.7 Å². The van der Waals surface area contributed by atoms with Crippen molar-refractivity contribution in [3.63, 3.8) is 0 Å². The zero-order chi connectivity index (χ0) is 13.3. The summed E-state index contributed by atoms with van der Waals surface area (Å²) in [5.74, 6) is 1.02. The normalized spacial score (nSPS) is 46.5. The quantitative estimate of drug-likeness (QED) is 0.773. The molecule has 1 aliphatic carbocycles. The summed E-state index contributed by atoms with van der Waals surface area (Å²) in [7, 11) is 0. The lowest BCUT2D eigenvalue weighted by molar-refractivity contribution is -0.445. The topological polar surface area (TPSA) is 21.7 Å². The molecule has 0 aromatic heterocycles. The second-order valence-electron chi connectivity index (χ2n) is 6.95. The molecule has 0 N–H and O–H groups in total. The monoisotopic (exact) mass is 259 g/mol. The molecule has 0 amide bonds. The van der Waals surface area contributed by atoms with E-state index in [2.05, 4.69) is 51.1 Å². The lowest BCUT2D eigenvalue weighted by Crippen LogP contribution is -2.67. The maximum Gasteiger partial charge on any atom is 0.0881 e. The van der Waals surface area contributed by atoms with Crippen LogP contribution in [0.2, 0.25) is 0 Å². The summed E-state index contributed by atoms with van der Waals surface area (Å²) in [5, 5.41) is 1.81. The van der Waals surface area contributed by atoms with E-state index in [1.807, 2.05) is 5.23 Å². The molecule has 3 heterocycles. The average molecular weight is 259 g/mol. The van der Waals surface area contributed by atoms with Crippen LogP contribution < -0.4 is 0 Å². The summed E-state index contributed by atoms with van der Waals surface area (Å²) in [6.07, 6.45) is 1.34. The predicted molar refractivity (Wildman–Crippen MR) is 72.1 cm³/mol. The minimum absolute atomic E-state index is 0.0421. The third kappa shape index (κ3) is 1.33. The van der Waals surface area contributed by atoms with Gasteiger partial charge in [0.2, 0.25) is 0 Å². The average Bonchev–Trinajstić information content (AvgIpc) is 2.69. The van der Waals surface area contributed by atoms with Crippen molar-refractivity contribution in [2.24, 2.45) is 11.3 Å². The van der Waals surface area contributed by atoms with Gasteiger partial charge in [0.05, 0.1) is 18.2 Å². The van der Waals surface area contributed by atoms with Gasteiger partial charge in [-0.2, -0.15) is 0 Å². The third-order valence-corrected chi connectivity index (χ3v) is 5.77. The van der Waals surface area contributed by atoms with Crippen molar-refractivity contribution in [1.29, 1.82) is 0 Å². The van der Waals surface area contributed by atoms with Gasteiger partial charge in [-0.1, -0.05) is 49.4 Å². The highest BCUT2D eigenvalue weighted by molar-refractivity contribution is 5.29. The number of hydroxylamine groups is 2. The van der Waals surface area contributed by atoms with Crippen molar-refractivity contribution in [2.45, 2.75) is 44.8 Å². The largest absolute Gasteiger partial charge is 0.273 e. The Kier molecular flexibility index (Phi) is 2.25. The number of hydrogen-bond donors (Lipinski definition) is 0. The molecule has 3 heteroatoms. The molecule has 5 rings (SSSR count). The van der Waals surface area contributed by atoms with Crippen LogP contribution in [0.5, 0.6) is 0 Å². The number of nitrogens with zero attached hydrogens (tertiary/aromatic N) is 1. The van der Waals surface area contributed by atoms with Gasteiger partial charge in [-0.25, -0.2) is 0 Å². The molecular formula is C16H21NO2. The van der Waals surface area contributed by atoms with Crippen LogP contribution in [0.25, 0.3) is 0 Å². The standard InChI is InChI=1S/C16H21NO2/c1-15(2)13-10-18-17-16(13,3)12(9-14(15)19-17)11-7-5-4-6-8-11/h4-8,12-14H,9-10H2,1-3H3/t12-,13-,14-,16+/m1/s1. The molecule has 4 aliphatic rings. The van der Waals surface area contributed by atoms with Crippen LogP contribution >= 0.6 is 0 Å². The van der Waals surface area contributed by atoms with Gasteiger partial charge in [-0.05, 0) is 18.9 Å². The molecule has 3 aliphatic heterocycles. The van der Waals surface area contributed by atoms with Gasteiger partial charge in [0.15, 0.2) is 0 Å². The minimum Gasteiger partial charge on any atom is -0.273 e. The summed E-state index contributed by atoms with van der Waals surface area (Å²) in [5.41, 5.74) is 1.56. The van der Waals surface area contributed by atoms with Gasteiger partial charge >= 0.3 is 0 Å². The number of hydrogen-bond acceptors (Lipinski definition) is 3. The second kappa shape index (κ2) is 3.60. The van der Waals surface area contributed by atoms with E-state index >= 15 is 0 Å². The molecule has 4 bridgehead atoms. The van der Waals surface area contributed by atoms with Gasteiger partial charge in [-0.15, -0.1) is 0 Å². The van der Waals surface area contributed by atoms with Gasteiger partial charge in [0.1, 0.15) is 0 Å². The molecule has 102 valence electrons. The van der Waals surface area contributed by atoms with Gasteiger partial charge < -0.3 is 0 Å². The van der Waals surface area contributed by atoms with Crippen LogP contribution in [-0.2, 0) is 9.68 Å². The Bertz CT molecular complexity index is 501. The highest BCUT2D eigenvalue weighted by Gasteiger charge is 2.68. The molecule has 1 aromatic carbocycles. The first-order chi connectivity index (χ1) is 9.04. The highest BCUT2D eigenvalue weighted by atomic mass is 17.0. The molecule has 5 atom stereocenters. The van der Waals surface area contributed by atoms with Crippen LogP contribution in [0, 0.1) is 11.3 Å². The third-order valence-electron chi connectivity index (χ3n) is 5.77. The summed E-state index contributed by atoms with van der Waals surface area (Å²) < 4.78 is 0. The van der Waals surface area contributed by atoms with Gasteiger partial charge in [0.25, 0.3) is 0 Å². The van der Waals surface area contributed by atoms with Gasteiger partial charge in [0, 0.05) is 17.3 Å². The van der Waals surface area contributed by atoms with Crippen LogP contribution in [0.15, 0.2) is 30.3 Å². The summed E-state index contributed by atoms with van der Waals surface area (Å²) in [6.45, 7) is 7.74. The Hall–Kier alpha value is -0.900. The van der Waals surface area contributed by atoms with Crippen molar-refractivity contribution < 1.29 is 9.68 Å². The molecule has 1 aromatic rings. The molecule has 19 heavy (non-hydrogen) atoms. The Morgan fingerprint density at radius 1 is 1.16 bits per heavy atom.